The number of aliphatic hydroxyl groups excluding tert-OH is 1. The predicted molar refractivity (Wildman–Crippen MR) is 112 cm³/mol. The zero-order chi connectivity index (χ0) is 24.8. The Morgan fingerprint density at radius 3 is 2.21 bits per heavy atom. The first kappa shape index (κ1) is 23.2. The van der Waals surface area contributed by atoms with E-state index in [1.54, 1.807) is 19.9 Å². The molecule has 0 bridgehead atoms. The molecule has 0 aliphatic heterocycles. The zero-order valence-electron chi connectivity index (χ0n) is 18.6. The number of benzene rings is 1. The molecule has 10 heteroatoms. The topological polar surface area (TPSA) is 175 Å². The molecule has 1 amide bonds. The summed E-state index contributed by atoms with van der Waals surface area (Å²) in [4.78, 5) is 66.8. The van der Waals surface area contributed by atoms with Crippen LogP contribution in [0.25, 0.3) is 0 Å². The Morgan fingerprint density at radius 2 is 1.67 bits per heavy atom. The second-order valence-electron chi connectivity index (χ2n) is 9.95. The molecule has 0 saturated heterocycles. The van der Waals surface area contributed by atoms with E-state index in [1.165, 1.54) is 31.1 Å². The molecule has 1 aromatic rings. The molecule has 2 saturated carbocycles. The summed E-state index contributed by atoms with van der Waals surface area (Å²) in [7, 11) is 2.90. The number of carbonyl (C=O) groups excluding carboxylic acids is 5. The van der Waals surface area contributed by atoms with Gasteiger partial charge in [0.05, 0.1) is 29.5 Å². The number of rotatable bonds is 2. The smallest absolute Gasteiger partial charge is 0.235 e. The summed E-state index contributed by atoms with van der Waals surface area (Å²) >= 11 is 0. The molecule has 0 spiro atoms. The Kier molecular flexibility index (Phi) is 4.94. The van der Waals surface area contributed by atoms with Crippen molar-refractivity contribution >= 4 is 29.0 Å². The van der Waals surface area contributed by atoms with Gasteiger partial charge in [-0.3, -0.25) is 28.9 Å². The molecular weight excluding hydrogens is 432 g/mol. The molecule has 2 fully saturated rings. The molecule has 3 aliphatic carbocycles. The van der Waals surface area contributed by atoms with Crippen molar-refractivity contribution in [1.29, 1.82) is 0 Å². The lowest BCUT2D eigenvalue weighted by atomic mass is 9.46. The van der Waals surface area contributed by atoms with E-state index in [0.29, 0.717) is 5.56 Å². The highest BCUT2D eigenvalue weighted by Crippen LogP contribution is 2.56. The molecule has 4 rings (SSSR count). The highest BCUT2D eigenvalue weighted by atomic mass is 16.3. The van der Waals surface area contributed by atoms with Crippen molar-refractivity contribution in [3.63, 3.8) is 0 Å². The van der Waals surface area contributed by atoms with Crippen molar-refractivity contribution < 1.29 is 39.3 Å². The number of hydrogen-bond donors (Lipinski definition) is 4. The lowest BCUT2D eigenvalue weighted by Gasteiger charge is -2.58. The predicted octanol–water partition coefficient (Wildman–Crippen LogP) is -1.43. The molecular formula is C23H26N2O8. The Morgan fingerprint density at radius 1 is 1.06 bits per heavy atom. The first-order valence-corrected chi connectivity index (χ1v) is 10.6. The number of nitrogens with two attached hydrogens (primary N) is 1. The van der Waals surface area contributed by atoms with Crippen LogP contribution < -0.4 is 5.73 Å². The van der Waals surface area contributed by atoms with Gasteiger partial charge in [-0.25, -0.2) is 0 Å². The molecule has 10 nitrogen and oxygen atoms in total. The largest absolute Gasteiger partial charge is 0.507 e. The van der Waals surface area contributed by atoms with Gasteiger partial charge in [0.25, 0.3) is 0 Å². The number of amides is 1. The number of primary amides is 1. The molecule has 33 heavy (non-hydrogen) atoms. The van der Waals surface area contributed by atoms with Crippen molar-refractivity contribution in [3.8, 4) is 5.75 Å². The van der Waals surface area contributed by atoms with Crippen LogP contribution in [0.4, 0.5) is 0 Å². The summed E-state index contributed by atoms with van der Waals surface area (Å²) in [6, 6.07) is 3.03. The highest BCUT2D eigenvalue weighted by molar-refractivity contribution is 6.32. The van der Waals surface area contributed by atoms with Crippen molar-refractivity contribution in [3.05, 3.63) is 29.3 Å². The summed E-state index contributed by atoms with van der Waals surface area (Å²) in [6.45, 7) is 3.36. The minimum absolute atomic E-state index is 0.124. The number of carbonyl (C=O) groups is 5. The maximum atomic E-state index is 13.8. The normalized spacial score (nSPS) is 37.4. The van der Waals surface area contributed by atoms with E-state index in [2.05, 4.69) is 0 Å². The second-order valence-corrected chi connectivity index (χ2v) is 9.95. The average molecular weight is 458 g/mol. The fourth-order valence-electron chi connectivity index (χ4n) is 6.27. The standard InChI is InChI=1S/C23H26N2O8/c1-22(2)8-6-5-7-9(26)10(8)16(27)11-13(22)18(29)14-15(25(3)4)17(28)12(21(24)32)20(31)23(14,33)19(11)30/h5-7,11-15,18,26,29,33H,1-4H3,(H2,24,32). The summed E-state index contributed by atoms with van der Waals surface area (Å²) in [5, 5.41) is 33.5. The Bertz CT molecular complexity index is 1130. The summed E-state index contributed by atoms with van der Waals surface area (Å²) in [5.41, 5.74) is 1.50. The van der Waals surface area contributed by atoms with Crippen LogP contribution >= 0.6 is 0 Å². The van der Waals surface area contributed by atoms with Crippen molar-refractivity contribution in [2.24, 2.45) is 29.4 Å². The van der Waals surface area contributed by atoms with Gasteiger partial charge in [0.15, 0.2) is 34.7 Å². The SMILES string of the molecule is CN(C)C1C(=O)C(C(N)=O)C(=O)C2(O)C(=O)C3C(=O)c4c(O)cccc4C(C)(C)C3C(O)C12. The second kappa shape index (κ2) is 7.02. The molecule has 0 aromatic heterocycles. The number of phenolic OH excluding ortho intramolecular Hbond substituents is 1. The highest BCUT2D eigenvalue weighted by Gasteiger charge is 2.74. The number of hydrogen-bond acceptors (Lipinski definition) is 9. The zero-order valence-corrected chi connectivity index (χ0v) is 18.6. The van der Waals surface area contributed by atoms with Gasteiger partial charge in [0.2, 0.25) is 5.91 Å². The third-order valence-corrected chi connectivity index (χ3v) is 7.73. The number of nitrogens with zero attached hydrogens (tertiary/aromatic N) is 1. The maximum absolute atomic E-state index is 13.8. The molecule has 176 valence electrons. The van der Waals surface area contributed by atoms with Gasteiger partial charge in [-0.1, -0.05) is 26.0 Å². The van der Waals surface area contributed by atoms with E-state index in [-0.39, 0.29) is 11.3 Å². The third-order valence-electron chi connectivity index (χ3n) is 7.73. The number of likely N-dealkylation sites (N-methyl/N-ethyl adjacent to an activating group) is 1. The van der Waals surface area contributed by atoms with Gasteiger partial charge in [0, 0.05) is 5.92 Å². The summed E-state index contributed by atoms with van der Waals surface area (Å²) < 4.78 is 0. The number of ketones is 4. The third kappa shape index (κ3) is 2.68. The van der Waals surface area contributed by atoms with Crippen LogP contribution in [-0.2, 0) is 24.6 Å². The fraction of sp³-hybridized carbons (Fsp3) is 0.522. The summed E-state index contributed by atoms with van der Waals surface area (Å²) in [6.07, 6.45) is -1.65. The van der Waals surface area contributed by atoms with Gasteiger partial charge in [-0.15, -0.1) is 0 Å². The minimum atomic E-state index is -2.99. The van der Waals surface area contributed by atoms with E-state index in [1.807, 2.05) is 0 Å². The molecule has 1 aromatic carbocycles. The van der Waals surface area contributed by atoms with Gasteiger partial charge < -0.3 is 21.1 Å². The molecule has 0 radical (unpaired) electrons. The van der Waals surface area contributed by atoms with Crippen LogP contribution in [0.2, 0.25) is 0 Å². The van der Waals surface area contributed by atoms with Gasteiger partial charge in [0.1, 0.15) is 5.75 Å². The van der Waals surface area contributed by atoms with E-state index < -0.39 is 75.9 Å². The van der Waals surface area contributed by atoms with Crippen molar-refractivity contribution in [1.82, 2.24) is 4.90 Å². The number of Topliss-reactive ketones (excluding diaryl/α,β-unsaturated/α-hetero) is 4. The lowest BCUT2D eigenvalue weighted by molar-refractivity contribution is -0.199. The number of aliphatic hydroxyl groups is 2. The Hall–Kier alpha value is -2.95. The lowest BCUT2D eigenvalue weighted by Crippen LogP contribution is -2.78. The molecule has 5 N–H and O–H groups in total. The van der Waals surface area contributed by atoms with Crippen LogP contribution in [0.15, 0.2) is 18.2 Å². The quantitative estimate of drug-likeness (QED) is 0.387. The van der Waals surface area contributed by atoms with Crippen LogP contribution in [-0.4, -0.2) is 81.1 Å². The van der Waals surface area contributed by atoms with E-state index in [9.17, 15) is 39.3 Å². The first-order valence-electron chi connectivity index (χ1n) is 10.6. The minimum Gasteiger partial charge on any atom is -0.507 e. The van der Waals surface area contributed by atoms with E-state index >= 15 is 0 Å². The van der Waals surface area contributed by atoms with Crippen LogP contribution in [0.1, 0.15) is 29.8 Å². The van der Waals surface area contributed by atoms with Crippen LogP contribution in [0.3, 0.4) is 0 Å². The molecule has 3 aliphatic rings. The maximum Gasteiger partial charge on any atom is 0.235 e. The Labute approximate surface area is 189 Å². The van der Waals surface area contributed by atoms with Crippen molar-refractivity contribution in [2.75, 3.05) is 14.1 Å². The molecule has 7 atom stereocenters. The number of phenols is 1. The van der Waals surface area contributed by atoms with E-state index in [4.69, 9.17) is 5.73 Å². The number of fused-ring (bicyclic) bond motifs is 3. The monoisotopic (exact) mass is 458 g/mol. The molecule has 7 unspecified atom stereocenters. The Balaban J connectivity index is 2.01. The number of aromatic hydroxyl groups is 1. The molecule has 0 heterocycles. The van der Waals surface area contributed by atoms with E-state index in [0.717, 1.165) is 0 Å². The van der Waals surface area contributed by atoms with Gasteiger partial charge in [-0.05, 0) is 31.1 Å². The van der Waals surface area contributed by atoms with Crippen LogP contribution in [0.5, 0.6) is 5.75 Å². The van der Waals surface area contributed by atoms with Crippen molar-refractivity contribution in [2.45, 2.75) is 37.0 Å². The fourth-order valence-corrected chi connectivity index (χ4v) is 6.27. The van der Waals surface area contributed by atoms with Gasteiger partial charge >= 0.3 is 0 Å². The van der Waals surface area contributed by atoms with Crippen LogP contribution in [0, 0.1) is 23.7 Å². The first-order chi connectivity index (χ1) is 15.2. The average Bonchev–Trinajstić information content (AvgIpc) is 2.70. The summed E-state index contributed by atoms with van der Waals surface area (Å²) in [5.74, 6) is -12.6. The van der Waals surface area contributed by atoms with Gasteiger partial charge in [-0.2, -0.15) is 0 Å².